The zero-order chi connectivity index (χ0) is 3.41. The van der Waals surface area contributed by atoms with Crippen LogP contribution in [0.1, 0.15) is 0 Å². The molecule has 5 heavy (non-hydrogen) atoms. The maximum absolute atomic E-state index is 3.51. The van der Waals surface area contributed by atoms with Crippen LogP contribution < -0.4 is 0 Å². The van der Waals surface area contributed by atoms with Crippen LogP contribution in [0.15, 0.2) is 12.7 Å². The van der Waals surface area contributed by atoms with E-state index in [-0.39, 0.29) is 4.70 Å². The van der Waals surface area contributed by atoms with Crippen LogP contribution in [-0.2, 0) is 0 Å². The van der Waals surface area contributed by atoms with Crippen molar-refractivity contribution in [1.29, 1.82) is 0 Å². The maximum Gasteiger partial charge on any atom is 0.00753 e. The summed E-state index contributed by atoms with van der Waals surface area (Å²) >= 11 is 0. The van der Waals surface area contributed by atoms with Crippen molar-refractivity contribution >= 4 is 10.2 Å². The molecule has 0 aromatic carbocycles. The van der Waals surface area contributed by atoms with Gasteiger partial charge < -0.3 is 0 Å². The van der Waals surface area contributed by atoms with E-state index in [0.717, 1.165) is 0 Å². The van der Waals surface area contributed by atoms with Crippen LogP contribution in [0, 0.1) is 0 Å². The molecule has 0 heterocycles. The summed E-state index contributed by atoms with van der Waals surface area (Å²) in [7, 11) is 1.27. The van der Waals surface area contributed by atoms with Gasteiger partial charge in [-0.25, -0.2) is 0 Å². The molecule has 0 aromatic rings. The van der Waals surface area contributed by atoms with Gasteiger partial charge >= 0.3 is 0 Å². The molecular formula is C3H9FSi. The predicted octanol–water partition coefficient (Wildman–Crippen LogP) is 0.109. The van der Waals surface area contributed by atoms with Gasteiger partial charge in [-0.1, -0.05) is 6.08 Å². The van der Waals surface area contributed by atoms with Crippen LogP contribution in [0.4, 0.5) is 4.70 Å². The Morgan fingerprint density at radius 1 is 1.80 bits per heavy atom. The highest BCUT2D eigenvalue weighted by Gasteiger charge is 1.46. The second kappa shape index (κ2) is 9.10. The number of allylic oxidation sites excluding steroid dienone is 1. The molecule has 0 fully saturated rings. The fourth-order valence-corrected chi connectivity index (χ4v) is 0. The fraction of sp³-hybridized carbons (Fsp3) is 0.333. The molecule has 0 unspecified atom stereocenters. The molecule has 0 amide bonds. The van der Waals surface area contributed by atoms with E-state index in [0.29, 0.717) is 0 Å². The first kappa shape index (κ1) is 8.86. The highest BCUT2D eigenvalue weighted by molar-refractivity contribution is 6.09. The molecule has 0 aromatic heterocycles. The van der Waals surface area contributed by atoms with Gasteiger partial charge in [0.1, 0.15) is 0 Å². The zero-order valence-electron chi connectivity index (χ0n) is 3.40. The summed E-state index contributed by atoms with van der Waals surface area (Å²) in [5.41, 5.74) is 0. The fourth-order valence-electron chi connectivity index (χ4n) is 0. The molecule has 0 nitrogen and oxygen atoms in total. The molecule has 0 aliphatic carbocycles. The van der Waals surface area contributed by atoms with E-state index in [4.69, 9.17) is 0 Å². The SMILES string of the molecule is C=CC[SiH3].F. The lowest BCUT2D eigenvalue weighted by Crippen LogP contribution is -1.47. The van der Waals surface area contributed by atoms with Crippen molar-refractivity contribution in [3.63, 3.8) is 0 Å². The summed E-state index contributed by atoms with van der Waals surface area (Å²) in [6.45, 7) is 3.51. The largest absolute Gasteiger partial charge is 0.269 e. The Labute approximate surface area is 34.7 Å². The highest BCUT2D eigenvalue weighted by Crippen LogP contribution is 1.61. The van der Waals surface area contributed by atoms with Crippen molar-refractivity contribution in [1.82, 2.24) is 0 Å². The average Bonchev–Trinajstić information content (AvgIpc) is 1.37. The Balaban J connectivity index is 0. The summed E-state index contributed by atoms with van der Waals surface area (Å²) in [4.78, 5) is 0. The highest BCUT2D eigenvalue weighted by atomic mass is 28.1. The third-order valence-electron chi connectivity index (χ3n) is 0.289. The van der Waals surface area contributed by atoms with E-state index >= 15 is 0 Å². The topological polar surface area (TPSA) is 0 Å². The van der Waals surface area contributed by atoms with Crippen molar-refractivity contribution in [2.24, 2.45) is 0 Å². The average molecular weight is 92.2 g/mol. The molecule has 0 aliphatic rings. The van der Waals surface area contributed by atoms with Gasteiger partial charge in [0.05, 0.1) is 0 Å². The lowest BCUT2D eigenvalue weighted by atomic mass is 10.8. The first-order valence-corrected chi connectivity index (χ1v) is 2.94. The Hall–Kier alpha value is -0.113. The number of hydrogen-bond donors (Lipinski definition) is 0. The van der Waals surface area contributed by atoms with Crippen LogP contribution in [0.5, 0.6) is 0 Å². The molecule has 32 valence electrons. The third kappa shape index (κ3) is 17.6. The van der Waals surface area contributed by atoms with Crippen LogP contribution in [0.25, 0.3) is 0 Å². The van der Waals surface area contributed by atoms with E-state index in [9.17, 15) is 0 Å². The zero-order valence-corrected chi connectivity index (χ0v) is 5.40. The van der Waals surface area contributed by atoms with Gasteiger partial charge in [0.15, 0.2) is 0 Å². The van der Waals surface area contributed by atoms with Crippen molar-refractivity contribution < 1.29 is 4.70 Å². The smallest absolute Gasteiger partial charge is 0.00753 e. The van der Waals surface area contributed by atoms with Crippen LogP contribution in [0.3, 0.4) is 0 Å². The van der Waals surface area contributed by atoms with Gasteiger partial charge in [-0.05, 0) is 6.04 Å². The molecule has 0 aliphatic heterocycles. The molecule has 0 bridgehead atoms. The molecular weight excluding hydrogens is 83.1 g/mol. The molecule has 0 radical (unpaired) electrons. The summed E-state index contributed by atoms with van der Waals surface area (Å²) < 4.78 is 0. The van der Waals surface area contributed by atoms with Crippen molar-refractivity contribution in [2.75, 3.05) is 0 Å². The first-order valence-electron chi connectivity index (χ1n) is 1.52. The Morgan fingerprint density at radius 3 is 2.00 bits per heavy atom. The lowest BCUT2D eigenvalue weighted by molar-refractivity contribution is 1.11. The van der Waals surface area contributed by atoms with Crippen LogP contribution >= 0.6 is 0 Å². The molecule has 0 saturated carbocycles. The van der Waals surface area contributed by atoms with Gasteiger partial charge in [-0.15, -0.1) is 6.58 Å². The van der Waals surface area contributed by atoms with Crippen LogP contribution in [-0.4, -0.2) is 10.2 Å². The second-order valence-electron chi connectivity index (χ2n) is 0.697. The summed E-state index contributed by atoms with van der Waals surface area (Å²) in [6.07, 6.45) is 1.94. The summed E-state index contributed by atoms with van der Waals surface area (Å²) in [5.74, 6) is 0. The standard InChI is InChI=1S/C3H8Si.FH/c1-2-3-4;/h2H,1,3H2,4H3;1H. The Bertz CT molecular complexity index is 20.9. The minimum atomic E-state index is 0. The first-order chi connectivity index (χ1) is 1.91. The van der Waals surface area contributed by atoms with Gasteiger partial charge in [0, 0.05) is 10.2 Å². The molecule has 0 N–H and O–H groups in total. The normalized spacial score (nSPS) is 5.60. The van der Waals surface area contributed by atoms with Crippen molar-refractivity contribution in [2.45, 2.75) is 6.04 Å². The Morgan fingerprint density at radius 2 is 2.00 bits per heavy atom. The third-order valence-corrected chi connectivity index (χ3v) is 0.866. The second-order valence-corrected chi connectivity index (χ2v) is 1.51. The molecule has 0 atom stereocenters. The number of halogens is 1. The maximum atomic E-state index is 3.51. The van der Waals surface area contributed by atoms with Gasteiger partial charge in [-0.2, -0.15) is 0 Å². The van der Waals surface area contributed by atoms with E-state index < -0.39 is 0 Å². The van der Waals surface area contributed by atoms with Gasteiger partial charge in [0.25, 0.3) is 0 Å². The van der Waals surface area contributed by atoms with Crippen molar-refractivity contribution in [3.8, 4) is 0 Å². The summed E-state index contributed by atoms with van der Waals surface area (Å²) in [5, 5.41) is 0. The molecule has 0 saturated heterocycles. The van der Waals surface area contributed by atoms with E-state index in [1.165, 1.54) is 16.3 Å². The minimum absolute atomic E-state index is 0. The molecule has 0 spiro atoms. The van der Waals surface area contributed by atoms with E-state index in [2.05, 4.69) is 6.58 Å². The number of rotatable bonds is 1. The van der Waals surface area contributed by atoms with E-state index in [1.807, 2.05) is 6.08 Å². The molecule has 2 heteroatoms. The number of hydrogen-bond acceptors (Lipinski definition) is 0. The molecule has 0 rings (SSSR count). The monoisotopic (exact) mass is 92.0 g/mol. The Kier molecular flexibility index (Phi) is 16.1. The van der Waals surface area contributed by atoms with Gasteiger partial charge in [-0.3, -0.25) is 4.70 Å². The lowest BCUT2D eigenvalue weighted by Gasteiger charge is -1.57. The summed E-state index contributed by atoms with van der Waals surface area (Å²) in [6, 6.07) is 1.22. The van der Waals surface area contributed by atoms with Gasteiger partial charge in [0.2, 0.25) is 0 Å². The quantitative estimate of drug-likeness (QED) is 0.318. The predicted molar refractivity (Wildman–Crippen MR) is 27.4 cm³/mol. The van der Waals surface area contributed by atoms with E-state index in [1.54, 1.807) is 0 Å². The van der Waals surface area contributed by atoms with Crippen molar-refractivity contribution in [3.05, 3.63) is 12.7 Å². The minimum Gasteiger partial charge on any atom is -0.269 e. The van der Waals surface area contributed by atoms with Crippen LogP contribution in [0.2, 0.25) is 6.04 Å².